The highest BCUT2D eigenvalue weighted by atomic mass is 28.4. The minimum atomic E-state index is -2.10. The van der Waals surface area contributed by atoms with Crippen LogP contribution >= 0.6 is 0 Å². The molecule has 1 N–H and O–H groups in total. The Morgan fingerprint density at radius 2 is 1.50 bits per heavy atom. The molecule has 3 rings (SSSR count). The molecule has 7 heteroatoms. The Morgan fingerprint density at radius 1 is 0.853 bits per heavy atom. The molecule has 6 nitrogen and oxygen atoms in total. The maximum absolute atomic E-state index is 10.8. The van der Waals surface area contributed by atoms with E-state index in [2.05, 4.69) is 46.0 Å². The maximum atomic E-state index is 10.8. The van der Waals surface area contributed by atoms with Crippen LogP contribution in [0.3, 0.4) is 0 Å². The second-order valence-corrected chi connectivity index (χ2v) is 15.2. The van der Waals surface area contributed by atoms with Gasteiger partial charge in [-0.2, -0.15) is 0 Å². The van der Waals surface area contributed by atoms with Crippen LogP contribution in [-0.2, 0) is 6.42 Å². The predicted molar refractivity (Wildman–Crippen MR) is 138 cm³/mol. The Kier molecular flexibility index (Phi) is 7.78. The van der Waals surface area contributed by atoms with Crippen LogP contribution in [0, 0.1) is 0 Å². The van der Waals surface area contributed by atoms with Gasteiger partial charge in [-0.15, -0.1) is 0 Å². The number of aryl methyl sites for hydroxylation is 1. The number of fused-ring (bicyclic) bond motifs is 1. The molecule has 2 atom stereocenters. The van der Waals surface area contributed by atoms with E-state index >= 15 is 0 Å². The van der Waals surface area contributed by atoms with Crippen LogP contribution in [0.15, 0.2) is 24.3 Å². The lowest BCUT2D eigenvalue weighted by Crippen LogP contribution is -2.44. The van der Waals surface area contributed by atoms with E-state index in [4.69, 9.17) is 23.4 Å². The molecule has 0 heterocycles. The monoisotopic (exact) mass is 488 g/mol. The number of aliphatic hydroxyl groups excluding tert-OH is 1. The summed E-state index contributed by atoms with van der Waals surface area (Å²) in [5, 5.41) is 10.9. The third-order valence-corrected chi connectivity index (χ3v) is 11.7. The SMILES string of the molecule is COc1ccc(C2CC(O)CCc3cc(OC)c(OC)c(OC)c32)cc1O[Si](C)(C)C(C)(C)C. The standard InChI is InChI=1S/C27H40O6Si/c1-27(2,3)34(8,9)33-22-14-17(11-13-21(22)29-4)20-16-19(28)12-10-18-15-23(30-5)25(31-6)26(32-7)24(18)20/h11,13-15,19-20,28H,10,12,16H2,1-9H3. The molecule has 2 aromatic rings. The Hall–Kier alpha value is -2.38. The first kappa shape index (κ1) is 26.2. The first-order valence-electron chi connectivity index (χ1n) is 11.8. The fourth-order valence-electron chi connectivity index (χ4n) is 4.37. The molecule has 0 saturated heterocycles. The van der Waals surface area contributed by atoms with E-state index in [1.54, 1.807) is 28.4 Å². The number of hydrogen-bond donors (Lipinski definition) is 1. The maximum Gasteiger partial charge on any atom is 0.250 e. The van der Waals surface area contributed by atoms with Gasteiger partial charge in [0.1, 0.15) is 5.75 Å². The third kappa shape index (κ3) is 5.00. The van der Waals surface area contributed by atoms with Gasteiger partial charge in [-0.3, -0.25) is 0 Å². The summed E-state index contributed by atoms with van der Waals surface area (Å²) in [5.74, 6) is 3.20. The van der Waals surface area contributed by atoms with Crippen molar-refractivity contribution >= 4 is 8.32 Å². The predicted octanol–water partition coefficient (Wildman–Crippen LogP) is 5.93. The van der Waals surface area contributed by atoms with E-state index in [1.165, 1.54) is 0 Å². The molecule has 1 aliphatic rings. The van der Waals surface area contributed by atoms with Crippen molar-refractivity contribution in [3.05, 3.63) is 41.0 Å². The number of rotatable bonds is 7. The fourth-order valence-corrected chi connectivity index (χ4v) is 5.38. The lowest BCUT2D eigenvalue weighted by Gasteiger charge is -2.37. The number of benzene rings is 2. The second kappa shape index (κ2) is 10.1. The van der Waals surface area contributed by atoms with E-state index in [0.29, 0.717) is 35.8 Å². The summed E-state index contributed by atoms with van der Waals surface area (Å²) in [6.45, 7) is 11.1. The summed E-state index contributed by atoms with van der Waals surface area (Å²) in [4.78, 5) is 0. The summed E-state index contributed by atoms with van der Waals surface area (Å²) in [6, 6.07) is 8.10. The second-order valence-electron chi connectivity index (χ2n) is 10.5. The van der Waals surface area contributed by atoms with Gasteiger partial charge in [0.25, 0.3) is 8.32 Å². The van der Waals surface area contributed by atoms with Gasteiger partial charge in [-0.05, 0) is 66.7 Å². The van der Waals surface area contributed by atoms with Gasteiger partial charge in [-0.1, -0.05) is 26.8 Å². The Bertz CT molecular complexity index is 1010. The smallest absolute Gasteiger partial charge is 0.250 e. The third-order valence-electron chi connectivity index (χ3n) is 7.32. The molecule has 34 heavy (non-hydrogen) atoms. The molecule has 0 fully saturated rings. The zero-order valence-corrected chi connectivity index (χ0v) is 23.1. The Balaban J connectivity index is 2.20. The summed E-state index contributed by atoms with van der Waals surface area (Å²) in [6.07, 6.45) is 1.54. The average Bonchev–Trinajstić information content (AvgIpc) is 2.95. The molecule has 0 aromatic heterocycles. The van der Waals surface area contributed by atoms with Gasteiger partial charge in [0.2, 0.25) is 5.75 Å². The summed E-state index contributed by atoms with van der Waals surface area (Å²) >= 11 is 0. The zero-order valence-electron chi connectivity index (χ0n) is 22.1. The molecule has 188 valence electrons. The quantitative estimate of drug-likeness (QED) is 0.385. The highest BCUT2D eigenvalue weighted by Crippen LogP contribution is 2.50. The molecule has 2 unspecified atom stereocenters. The summed E-state index contributed by atoms with van der Waals surface area (Å²) < 4.78 is 29.5. The van der Waals surface area contributed by atoms with Crippen molar-refractivity contribution in [3.8, 4) is 28.7 Å². The van der Waals surface area contributed by atoms with Crippen LogP contribution in [0.2, 0.25) is 18.1 Å². The number of methoxy groups -OCH3 is 4. The molecule has 0 spiro atoms. The van der Waals surface area contributed by atoms with Crippen LogP contribution in [0.4, 0.5) is 0 Å². The van der Waals surface area contributed by atoms with Crippen LogP contribution in [-0.4, -0.2) is 48.0 Å². The molecular weight excluding hydrogens is 448 g/mol. The van der Waals surface area contributed by atoms with E-state index in [9.17, 15) is 5.11 Å². The van der Waals surface area contributed by atoms with Crippen LogP contribution in [0.25, 0.3) is 0 Å². The number of aliphatic hydroxyl groups is 1. The zero-order chi connectivity index (χ0) is 25.3. The van der Waals surface area contributed by atoms with Gasteiger partial charge >= 0.3 is 0 Å². The van der Waals surface area contributed by atoms with Gasteiger partial charge in [0, 0.05) is 11.5 Å². The molecule has 0 radical (unpaired) electrons. The van der Waals surface area contributed by atoms with Crippen molar-refractivity contribution in [2.24, 2.45) is 0 Å². The topological polar surface area (TPSA) is 66.4 Å². The number of ether oxygens (including phenoxy) is 4. The van der Waals surface area contributed by atoms with Crippen LogP contribution in [0.1, 0.15) is 56.2 Å². The lowest BCUT2D eigenvalue weighted by molar-refractivity contribution is 0.153. The molecule has 1 aliphatic carbocycles. The minimum Gasteiger partial charge on any atom is -0.541 e. The molecule has 2 aromatic carbocycles. The van der Waals surface area contributed by atoms with Gasteiger partial charge in [0.05, 0.1) is 34.5 Å². The van der Waals surface area contributed by atoms with Gasteiger partial charge in [-0.25, -0.2) is 0 Å². The van der Waals surface area contributed by atoms with E-state index in [0.717, 1.165) is 28.9 Å². The fraction of sp³-hybridized carbons (Fsp3) is 0.556. The van der Waals surface area contributed by atoms with Crippen molar-refractivity contribution in [1.82, 2.24) is 0 Å². The lowest BCUT2D eigenvalue weighted by atomic mass is 9.85. The van der Waals surface area contributed by atoms with Gasteiger partial charge < -0.3 is 28.5 Å². The first-order chi connectivity index (χ1) is 16.0. The highest BCUT2D eigenvalue weighted by molar-refractivity contribution is 6.74. The van der Waals surface area contributed by atoms with Crippen molar-refractivity contribution in [3.63, 3.8) is 0 Å². The average molecular weight is 489 g/mol. The Morgan fingerprint density at radius 3 is 2.06 bits per heavy atom. The van der Waals surface area contributed by atoms with Crippen molar-refractivity contribution in [2.75, 3.05) is 28.4 Å². The largest absolute Gasteiger partial charge is 0.541 e. The van der Waals surface area contributed by atoms with Crippen molar-refractivity contribution < 1.29 is 28.5 Å². The molecule has 0 aliphatic heterocycles. The van der Waals surface area contributed by atoms with E-state index < -0.39 is 14.4 Å². The van der Waals surface area contributed by atoms with Crippen LogP contribution < -0.4 is 23.4 Å². The molecular formula is C27H40O6Si. The summed E-state index contributed by atoms with van der Waals surface area (Å²) in [5.41, 5.74) is 3.17. The van der Waals surface area contributed by atoms with E-state index in [-0.39, 0.29) is 11.0 Å². The highest BCUT2D eigenvalue weighted by Gasteiger charge is 2.40. The summed E-state index contributed by atoms with van der Waals surface area (Å²) in [7, 11) is 4.46. The van der Waals surface area contributed by atoms with Crippen molar-refractivity contribution in [1.29, 1.82) is 0 Å². The molecule has 0 saturated carbocycles. The minimum absolute atomic E-state index is 0.0479. The molecule has 0 bridgehead atoms. The normalized spacial score (nSPS) is 18.5. The molecule has 0 amide bonds. The van der Waals surface area contributed by atoms with Gasteiger partial charge in [0.15, 0.2) is 17.2 Å². The number of hydrogen-bond acceptors (Lipinski definition) is 6. The Labute approximate surface area is 205 Å². The van der Waals surface area contributed by atoms with Crippen LogP contribution in [0.5, 0.6) is 28.7 Å². The van der Waals surface area contributed by atoms with E-state index in [1.807, 2.05) is 12.1 Å². The van der Waals surface area contributed by atoms with Crippen molar-refractivity contribution in [2.45, 2.75) is 70.2 Å². The first-order valence-corrected chi connectivity index (χ1v) is 14.7.